The molecule has 0 unspecified atom stereocenters. The van der Waals surface area contributed by atoms with Crippen LogP contribution in [-0.2, 0) is 7.05 Å². The Morgan fingerprint density at radius 3 is 2.43 bits per heavy atom. The fourth-order valence-electron chi connectivity index (χ4n) is 4.27. The zero-order valence-corrected chi connectivity index (χ0v) is 22.0. The fraction of sp³-hybridized carbons (Fsp3) is 0.276. The summed E-state index contributed by atoms with van der Waals surface area (Å²) < 4.78 is 9.55. The maximum Gasteiger partial charge on any atom is 0.143 e. The molecule has 8 nitrogen and oxygen atoms in total. The second-order valence-corrected chi connectivity index (χ2v) is 9.96. The predicted octanol–water partition coefficient (Wildman–Crippen LogP) is 5.89. The zero-order valence-electron chi connectivity index (χ0n) is 22.0. The van der Waals surface area contributed by atoms with E-state index in [1.807, 2.05) is 74.6 Å². The number of rotatable bonds is 7. The van der Waals surface area contributed by atoms with Gasteiger partial charge < -0.3 is 19.7 Å². The van der Waals surface area contributed by atoms with Gasteiger partial charge in [0, 0.05) is 36.0 Å². The molecule has 5 rings (SSSR count). The van der Waals surface area contributed by atoms with Crippen molar-refractivity contribution in [3.63, 3.8) is 0 Å². The lowest BCUT2D eigenvalue weighted by Crippen LogP contribution is -2.31. The summed E-state index contributed by atoms with van der Waals surface area (Å²) in [5, 5.41) is 20.3. The van der Waals surface area contributed by atoms with Gasteiger partial charge in [0.25, 0.3) is 0 Å². The van der Waals surface area contributed by atoms with E-state index in [0.29, 0.717) is 0 Å². The van der Waals surface area contributed by atoms with Gasteiger partial charge in [-0.3, -0.25) is 4.68 Å². The number of nitrogens with one attached hydrogen (secondary N) is 1. The second-order valence-electron chi connectivity index (χ2n) is 9.96. The molecule has 0 aliphatic carbocycles. The van der Waals surface area contributed by atoms with Gasteiger partial charge in [0.05, 0.1) is 42.5 Å². The minimum absolute atomic E-state index is 0.148. The minimum Gasteiger partial charge on any atom is -0.495 e. The predicted molar refractivity (Wildman–Crippen MR) is 147 cm³/mol. The SMILES string of the molecule is COc1cc(-c2cnc(C)n2C)ccc1Nc1cc2cc(-c3cnn([C@H](C)C(C)(C)O)c3)ccc2cn1. The number of aromatic nitrogens is 5. The lowest BCUT2D eigenvalue weighted by molar-refractivity contribution is 0.0258. The number of benzene rings is 2. The first kappa shape index (κ1) is 24.5. The van der Waals surface area contributed by atoms with Crippen LogP contribution in [0.5, 0.6) is 5.75 Å². The minimum atomic E-state index is -0.866. The Balaban J connectivity index is 1.43. The normalized spacial score (nSPS) is 12.6. The number of imidazole rings is 1. The molecule has 2 aromatic carbocycles. The highest BCUT2D eigenvalue weighted by atomic mass is 16.5. The van der Waals surface area contributed by atoms with Crippen molar-refractivity contribution < 1.29 is 9.84 Å². The van der Waals surface area contributed by atoms with Crippen molar-refractivity contribution in [3.05, 3.63) is 73.1 Å². The van der Waals surface area contributed by atoms with E-state index in [1.165, 1.54) is 0 Å². The molecule has 0 radical (unpaired) electrons. The number of hydrogen-bond donors (Lipinski definition) is 2. The quantitative estimate of drug-likeness (QED) is 0.292. The van der Waals surface area contributed by atoms with Gasteiger partial charge in [-0.1, -0.05) is 18.2 Å². The van der Waals surface area contributed by atoms with Gasteiger partial charge in [-0.05, 0) is 62.9 Å². The molecule has 0 amide bonds. The topological polar surface area (TPSA) is 90.0 Å². The molecule has 0 bridgehead atoms. The molecule has 0 aliphatic heterocycles. The maximum atomic E-state index is 10.3. The van der Waals surface area contributed by atoms with E-state index in [4.69, 9.17) is 4.74 Å². The molecule has 190 valence electrons. The van der Waals surface area contributed by atoms with E-state index < -0.39 is 5.60 Å². The highest BCUT2D eigenvalue weighted by molar-refractivity contribution is 5.89. The molecule has 5 aromatic rings. The van der Waals surface area contributed by atoms with Crippen LogP contribution in [0.25, 0.3) is 33.2 Å². The van der Waals surface area contributed by atoms with Gasteiger partial charge in [0.15, 0.2) is 0 Å². The van der Waals surface area contributed by atoms with Crippen LogP contribution >= 0.6 is 0 Å². The van der Waals surface area contributed by atoms with E-state index in [0.717, 1.165) is 56.2 Å². The summed E-state index contributed by atoms with van der Waals surface area (Å²) in [5.41, 5.74) is 4.06. The van der Waals surface area contributed by atoms with E-state index in [-0.39, 0.29) is 6.04 Å². The van der Waals surface area contributed by atoms with Crippen molar-refractivity contribution in [3.8, 4) is 28.1 Å². The number of pyridine rings is 1. The number of fused-ring (bicyclic) bond motifs is 1. The number of nitrogens with zero attached hydrogens (tertiary/aromatic N) is 5. The van der Waals surface area contributed by atoms with Crippen molar-refractivity contribution in [1.82, 2.24) is 24.3 Å². The summed E-state index contributed by atoms with van der Waals surface area (Å²) in [6, 6.07) is 14.2. The number of hydrogen-bond acceptors (Lipinski definition) is 6. The summed E-state index contributed by atoms with van der Waals surface area (Å²) >= 11 is 0. The van der Waals surface area contributed by atoms with E-state index in [9.17, 15) is 5.11 Å². The van der Waals surface area contributed by atoms with Gasteiger partial charge in [-0.2, -0.15) is 5.10 Å². The Bertz CT molecular complexity index is 1580. The molecule has 37 heavy (non-hydrogen) atoms. The van der Waals surface area contributed by atoms with Crippen molar-refractivity contribution in [2.45, 2.75) is 39.3 Å². The molecule has 0 fully saturated rings. The number of anilines is 2. The fourth-order valence-corrected chi connectivity index (χ4v) is 4.27. The molecule has 0 aliphatic rings. The number of aryl methyl sites for hydroxylation is 1. The molecule has 0 saturated carbocycles. The molecule has 3 heterocycles. The van der Waals surface area contributed by atoms with Crippen LogP contribution < -0.4 is 10.1 Å². The molecule has 2 N–H and O–H groups in total. The third-order valence-corrected chi connectivity index (χ3v) is 7.06. The van der Waals surface area contributed by atoms with Crippen molar-refractivity contribution in [2.75, 3.05) is 12.4 Å². The monoisotopic (exact) mass is 496 g/mol. The van der Waals surface area contributed by atoms with Gasteiger partial charge in [0.1, 0.15) is 17.4 Å². The van der Waals surface area contributed by atoms with Crippen LogP contribution in [0.15, 0.2) is 67.3 Å². The van der Waals surface area contributed by atoms with Crippen LogP contribution in [0.1, 0.15) is 32.6 Å². The molecule has 1 atom stereocenters. The Morgan fingerprint density at radius 1 is 0.946 bits per heavy atom. The molecular formula is C29H32N6O2. The highest BCUT2D eigenvalue weighted by Gasteiger charge is 2.24. The Kier molecular flexibility index (Phi) is 6.21. The first-order valence-electron chi connectivity index (χ1n) is 12.2. The first-order chi connectivity index (χ1) is 17.6. The molecule has 3 aromatic heterocycles. The lowest BCUT2D eigenvalue weighted by atomic mass is 10.0. The average Bonchev–Trinajstić information content (AvgIpc) is 3.50. The standard InChI is InChI=1S/C29H32N6O2/c1-18(29(3,4)36)35-17-24(15-32-35)20-7-8-22-14-31-28(13-23(22)11-20)33-25-10-9-21(12-27(25)37-6)26-16-30-19(2)34(26)5/h7-18,36H,1-6H3,(H,31,33)/t18-/m1/s1. The Hall–Kier alpha value is -4.17. The number of aliphatic hydroxyl groups is 1. The zero-order chi connectivity index (χ0) is 26.3. The van der Waals surface area contributed by atoms with Crippen LogP contribution in [-0.4, -0.2) is 42.1 Å². The lowest BCUT2D eigenvalue weighted by Gasteiger charge is -2.25. The van der Waals surface area contributed by atoms with Gasteiger partial charge in [-0.25, -0.2) is 9.97 Å². The maximum absolute atomic E-state index is 10.3. The molecule has 0 spiro atoms. The van der Waals surface area contributed by atoms with Crippen molar-refractivity contribution in [2.24, 2.45) is 7.05 Å². The molecule has 8 heteroatoms. The highest BCUT2D eigenvalue weighted by Crippen LogP contribution is 2.34. The average molecular weight is 497 g/mol. The first-order valence-corrected chi connectivity index (χ1v) is 12.2. The summed E-state index contributed by atoms with van der Waals surface area (Å²) in [6.07, 6.45) is 7.54. The molecule has 0 saturated heterocycles. The van der Waals surface area contributed by atoms with E-state index in [1.54, 1.807) is 21.0 Å². The third-order valence-electron chi connectivity index (χ3n) is 7.06. The smallest absolute Gasteiger partial charge is 0.143 e. The summed E-state index contributed by atoms with van der Waals surface area (Å²) in [4.78, 5) is 9.00. The largest absolute Gasteiger partial charge is 0.495 e. The van der Waals surface area contributed by atoms with Crippen LogP contribution in [0.4, 0.5) is 11.5 Å². The Morgan fingerprint density at radius 2 is 1.73 bits per heavy atom. The van der Waals surface area contributed by atoms with Crippen LogP contribution in [0, 0.1) is 6.92 Å². The van der Waals surface area contributed by atoms with Gasteiger partial charge in [-0.15, -0.1) is 0 Å². The van der Waals surface area contributed by atoms with Crippen molar-refractivity contribution in [1.29, 1.82) is 0 Å². The van der Waals surface area contributed by atoms with E-state index >= 15 is 0 Å². The third kappa shape index (κ3) is 4.80. The van der Waals surface area contributed by atoms with Crippen LogP contribution in [0.3, 0.4) is 0 Å². The van der Waals surface area contributed by atoms with Crippen molar-refractivity contribution >= 4 is 22.3 Å². The van der Waals surface area contributed by atoms with Crippen LogP contribution in [0.2, 0.25) is 0 Å². The summed E-state index contributed by atoms with van der Waals surface area (Å²) in [6.45, 7) is 7.52. The van der Waals surface area contributed by atoms with Gasteiger partial charge in [0.2, 0.25) is 0 Å². The number of methoxy groups -OCH3 is 1. The Labute approximate surface area is 216 Å². The number of ether oxygens (including phenoxy) is 1. The summed E-state index contributed by atoms with van der Waals surface area (Å²) in [5.74, 6) is 2.40. The van der Waals surface area contributed by atoms with Gasteiger partial charge >= 0.3 is 0 Å². The summed E-state index contributed by atoms with van der Waals surface area (Å²) in [7, 11) is 3.67. The molecular weight excluding hydrogens is 464 g/mol. The van der Waals surface area contributed by atoms with E-state index in [2.05, 4.69) is 43.1 Å². The second kappa shape index (κ2) is 9.37.